The standard InChI is InChI=1S/C17H20N6/c1-4-20-23(8-1)13-16-11-21(10-15-2-5-18-6-3-15)14-17-19-7-9-22(17)12-16/h1-9,16H,10-14H2/t16-/m1/s1. The molecule has 0 aromatic carbocycles. The van der Waals surface area contributed by atoms with E-state index < -0.39 is 0 Å². The first-order valence-corrected chi connectivity index (χ1v) is 7.95. The Labute approximate surface area is 135 Å². The topological polar surface area (TPSA) is 51.8 Å². The van der Waals surface area contributed by atoms with Crippen LogP contribution in [0.25, 0.3) is 0 Å². The molecule has 23 heavy (non-hydrogen) atoms. The number of imidazole rings is 1. The molecule has 3 aromatic rings. The summed E-state index contributed by atoms with van der Waals surface area (Å²) in [6.45, 7) is 4.75. The quantitative estimate of drug-likeness (QED) is 0.737. The zero-order chi connectivity index (χ0) is 15.5. The number of rotatable bonds is 4. The molecule has 118 valence electrons. The smallest absolute Gasteiger partial charge is 0.122 e. The highest BCUT2D eigenvalue weighted by molar-refractivity contribution is 5.10. The van der Waals surface area contributed by atoms with Crippen molar-refractivity contribution in [3.63, 3.8) is 0 Å². The lowest BCUT2D eigenvalue weighted by Gasteiger charge is -2.23. The van der Waals surface area contributed by atoms with Gasteiger partial charge < -0.3 is 4.57 Å². The predicted molar refractivity (Wildman–Crippen MR) is 86.3 cm³/mol. The van der Waals surface area contributed by atoms with Gasteiger partial charge in [0.25, 0.3) is 0 Å². The van der Waals surface area contributed by atoms with Crippen LogP contribution in [0.1, 0.15) is 11.4 Å². The van der Waals surface area contributed by atoms with E-state index in [9.17, 15) is 0 Å². The molecule has 6 heteroatoms. The zero-order valence-electron chi connectivity index (χ0n) is 13.0. The Morgan fingerprint density at radius 2 is 1.96 bits per heavy atom. The van der Waals surface area contributed by atoms with Gasteiger partial charge in [0, 0.05) is 69.3 Å². The maximum atomic E-state index is 4.53. The van der Waals surface area contributed by atoms with Gasteiger partial charge in [-0.2, -0.15) is 5.10 Å². The molecule has 1 aliphatic heterocycles. The van der Waals surface area contributed by atoms with Gasteiger partial charge in [-0.25, -0.2) is 4.98 Å². The molecule has 0 bridgehead atoms. The van der Waals surface area contributed by atoms with E-state index in [-0.39, 0.29) is 0 Å². The van der Waals surface area contributed by atoms with Crippen molar-refractivity contribution in [2.24, 2.45) is 5.92 Å². The molecule has 0 aliphatic carbocycles. The van der Waals surface area contributed by atoms with Gasteiger partial charge in [-0.15, -0.1) is 0 Å². The first kappa shape index (κ1) is 14.1. The van der Waals surface area contributed by atoms with Crippen molar-refractivity contribution in [3.8, 4) is 0 Å². The molecule has 0 radical (unpaired) electrons. The molecular weight excluding hydrogens is 288 g/mol. The summed E-state index contributed by atoms with van der Waals surface area (Å²) in [5, 5.41) is 4.36. The van der Waals surface area contributed by atoms with E-state index in [1.54, 1.807) is 0 Å². The fourth-order valence-electron chi connectivity index (χ4n) is 3.28. The van der Waals surface area contributed by atoms with Crippen LogP contribution in [0.15, 0.2) is 55.4 Å². The summed E-state index contributed by atoms with van der Waals surface area (Å²) in [5.41, 5.74) is 1.29. The minimum Gasteiger partial charge on any atom is -0.333 e. The summed E-state index contributed by atoms with van der Waals surface area (Å²) in [4.78, 5) is 11.1. The molecule has 4 rings (SSSR count). The highest BCUT2D eigenvalue weighted by Gasteiger charge is 2.22. The number of nitrogens with zero attached hydrogens (tertiary/aromatic N) is 6. The van der Waals surface area contributed by atoms with Crippen LogP contribution in [0.4, 0.5) is 0 Å². The SMILES string of the molecule is c1cnn(C[C@@H]2CN(Cc3ccncc3)Cc3nccn3C2)c1. The molecule has 0 saturated carbocycles. The maximum Gasteiger partial charge on any atom is 0.122 e. The lowest BCUT2D eigenvalue weighted by Crippen LogP contribution is -2.30. The minimum absolute atomic E-state index is 0.507. The van der Waals surface area contributed by atoms with Crippen LogP contribution < -0.4 is 0 Å². The molecule has 6 nitrogen and oxygen atoms in total. The van der Waals surface area contributed by atoms with E-state index in [1.807, 2.05) is 41.7 Å². The summed E-state index contributed by atoms with van der Waals surface area (Å²) in [5.74, 6) is 1.65. The van der Waals surface area contributed by atoms with Crippen LogP contribution in [0.5, 0.6) is 0 Å². The molecule has 1 aliphatic rings. The first-order valence-electron chi connectivity index (χ1n) is 7.95. The van der Waals surface area contributed by atoms with Gasteiger partial charge in [0.15, 0.2) is 0 Å². The van der Waals surface area contributed by atoms with Gasteiger partial charge in [-0.3, -0.25) is 14.6 Å². The monoisotopic (exact) mass is 308 g/mol. The van der Waals surface area contributed by atoms with Crippen molar-refractivity contribution in [3.05, 3.63) is 66.8 Å². The van der Waals surface area contributed by atoms with Crippen LogP contribution in [0.2, 0.25) is 0 Å². The summed E-state index contributed by atoms with van der Waals surface area (Å²) in [6, 6.07) is 6.15. The van der Waals surface area contributed by atoms with Gasteiger partial charge >= 0.3 is 0 Å². The fourth-order valence-corrected chi connectivity index (χ4v) is 3.28. The fraction of sp³-hybridized carbons (Fsp3) is 0.353. The van der Waals surface area contributed by atoms with E-state index in [1.165, 1.54) is 5.56 Å². The second-order valence-corrected chi connectivity index (χ2v) is 6.12. The molecule has 4 heterocycles. The molecule has 0 N–H and O–H groups in total. The van der Waals surface area contributed by atoms with Gasteiger partial charge in [0.05, 0.1) is 6.54 Å². The molecule has 1 atom stereocenters. The average Bonchev–Trinajstić information content (AvgIpc) is 3.18. The Balaban J connectivity index is 1.54. The molecule has 0 unspecified atom stereocenters. The number of hydrogen-bond acceptors (Lipinski definition) is 4. The Hall–Kier alpha value is -2.47. The van der Waals surface area contributed by atoms with Crippen molar-refractivity contribution in [2.45, 2.75) is 26.2 Å². The average molecular weight is 308 g/mol. The molecule has 0 amide bonds. The first-order chi connectivity index (χ1) is 11.4. The Morgan fingerprint density at radius 1 is 1.04 bits per heavy atom. The Bertz CT molecular complexity index is 734. The van der Waals surface area contributed by atoms with E-state index in [4.69, 9.17) is 0 Å². The second kappa shape index (κ2) is 6.34. The third-order valence-electron chi connectivity index (χ3n) is 4.30. The van der Waals surface area contributed by atoms with Crippen molar-refractivity contribution in [1.29, 1.82) is 0 Å². The summed E-state index contributed by atoms with van der Waals surface area (Å²) in [7, 11) is 0. The van der Waals surface area contributed by atoms with E-state index >= 15 is 0 Å². The van der Waals surface area contributed by atoms with E-state index in [0.717, 1.165) is 38.5 Å². The Morgan fingerprint density at radius 3 is 2.78 bits per heavy atom. The van der Waals surface area contributed by atoms with Gasteiger partial charge in [0.1, 0.15) is 5.82 Å². The van der Waals surface area contributed by atoms with Gasteiger partial charge in [-0.05, 0) is 23.8 Å². The van der Waals surface area contributed by atoms with Crippen molar-refractivity contribution in [1.82, 2.24) is 29.2 Å². The van der Waals surface area contributed by atoms with Crippen molar-refractivity contribution >= 4 is 0 Å². The van der Waals surface area contributed by atoms with Gasteiger partial charge in [0.2, 0.25) is 0 Å². The Kier molecular flexibility index (Phi) is 3.90. The second-order valence-electron chi connectivity index (χ2n) is 6.12. The number of aromatic nitrogens is 5. The number of hydrogen-bond donors (Lipinski definition) is 0. The van der Waals surface area contributed by atoms with Crippen LogP contribution >= 0.6 is 0 Å². The lowest BCUT2D eigenvalue weighted by molar-refractivity contribution is 0.205. The van der Waals surface area contributed by atoms with Crippen molar-refractivity contribution in [2.75, 3.05) is 6.54 Å². The molecule has 3 aromatic heterocycles. The lowest BCUT2D eigenvalue weighted by atomic mass is 10.1. The highest BCUT2D eigenvalue weighted by Crippen LogP contribution is 2.18. The van der Waals surface area contributed by atoms with E-state index in [0.29, 0.717) is 5.92 Å². The van der Waals surface area contributed by atoms with E-state index in [2.05, 4.69) is 42.9 Å². The van der Waals surface area contributed by atoms with Gasteiger partial charge in [-0.1, -0.05) is 0 Å². The highest BCUT2D eigenvalue weighted by atomic mass is 15.3. The van der Waals surface area contributed by atoms with Crippen molar-refractivity contribution < 1.29 is 0 Å². The normalized spacial score (nSPS) is 18.5. The van der Waals surface area contributed by atoms with Crippen LogP contribution in [-0.4, -0.2) is 35.8 Å². The number of pyridine rings is 1. The number of fused-ring (bicyclic) bond motifs is 1. The molecule has 0 fully saturated rings. The third kappa shape index (κ3) is 3.32. The molecular formula is C17H20N6. The maximum absolute atomic E-state index is 4.53. The minimum atomic E-state index is 0.507. The summed E-state index contributed by atoms with van der Waals surface area (Å²) >= 11 is 0. The summed E-state index contributed by atoms with van der Waals surface area (Å²) < 4.78 is 4.30. The zero-order valence-corrected chi connectivity index (χ0v) is 13.0. The largest absolute Gasteiger partial charge is 0.333 e. The third-order valence-corrected chi connectivity index (χ3v) is 4.30. The molecule has 0 saturated heterocycles. The predicted octanol–water partition coefficient (Wildman–Crippen LogP) is 1.81. The van der Waals surface area contributed by atoms with Crippen LogP contribution in [0.3, 0.4) is 0 Å². The van der Waals surface area contributed by atoms with Crippen LogP contribution in [0, 0.1) is 5.92 Å². The van der Waals surface area contributed by atoms with Crippen LogP contribution in [-0.2, 0) is 26.2 Å². The summed E-state index contributed by atoms with van der Waals surface area (Å²) in [6.07, 6.45) is 11.6. The molecule has 0 spiro atoms.